The summed E-state index contributed by atoms with van der Waals surface area (Å²) in [5.41, 5.74) is 13.8. The molecule has 0 atom stereocenters. The highest BCUT2D eigenvalue weighted by Gasteiger charge is 2.27. The predicted octanol–water partition coefficient (Wildman–Crippen LogP) is 17.3. The Morgan fingerprint density at radius 1 is 0.381 bits per heavy atom. The number of benzene rings is 10. The maximum atomic E-state index is 8.66. The van der Waals surface area contributed by atoms with Crippen molar-refractivity contribution in [2.45, 2.75) is 0 Å². The van der Waals surface area contributed by atoms with E-state index in [1.54, 1.807) is 0 Å². The van der Waals surface area contributed by atoms with Gasteiger partial charge in [0.1, 0.15) is 0 Å². The predicted molar refractivity (Wildman–Crippen MR) is 270 cm³/mol. The molecule has 0 saturated heterocycles. The number of rotatable bonds is 8. The zero-order chi connectivity index (χ0) is 46.0. The lowest BCUT2D eigenvalue weighted by molar-refractivity contribution is 1.19. The highest BCUT2D eigenvalue weighted by Crippen LogP contribution is 2.53. The number of aromatic nitrogens is 1. The number of nitrogens with zero attached hydrogens (tertiary/aromatic N) is 2. The fourth-order valence-corrected chi connectivity index (χ4v) is 10.5. The third-order valence-corrected chi connectivity index (χ3v) is 13.3. The van der Waals surface area contributed by atoms with Crippen LogP contribution in [0.5, 0.6) is 0 Å². The van der Waals surface area contributed by atoms with Crippen LogP contribution in [0.1, 0.15) is 6.85 Å². The molecular weight excluding hydrogens is 781 g/mol. The van der Waals surface area contributed by atoms with Crippen molar-refractivity contribution in [1.29, 1.82) is 0 Å². The van der Waals surface area contributed by atoms with Crippen molar-refractivity contribution in [3.8, 4) is 50.2 Å². The van der Waals surface area contributed by atoms with E-state index in [0.717, 1.165) is 50.5 Å². The van der Waals surface area contributed by atoms with E-state index in [9.17, 15) is 0 Å². The monoisotopic (exact) mass is 825 g/mol. The number of thiophene rings is 1. The molecule has 0 amide bonds. The van der Waals surface area contributed by atoms with Gasteiger partial charge in [-0.1, -0.05) is 182 Å². The average Bonchev–Trinajstić information content (AvgIpc) is 3.96. The van der Waals surface area contributed by atoms with Crippen LogP contribution in [0.3, 0.4) is 0 Å². The first-order valence-corrected chi connectivity index (χ1v) is 21.9. The van der Waals surface area contributed by atoms with E-state index in [1.165, 1.54) is 47.6 Å². The van der Waals surface area contributed by atoms with Gasteiger partial charge in [0.25, 0.3) is 0 Å². The second-order valence-electron chi connectivity index (χ2n) is 15.7. The third-order valence-electron chi connectivity index (χ3n) is 12.1. The van der Waals surface area contributed by atoms with E-state index in [-0.39, 0.29) is 29.7 Å². The number of hydrogen-bond donors (Lipinski definition) is 0. The molecule has 10 aromatic carbocycles. The minimum Gasteiger partial charge on any atom is -0.311 e. The lowest BCUT2D eigenvalue weighted by Gasteiger charge is -2.26. The Balaban J connectivity index is 1.08. The van der Waals surface area contributed by atoms with Crippen LogP contribution in [0, 0.1) is 0 Å². The molecule has 296 valence electrons. The summed E-state index contributed by atoms with van der Waals surface area (Å²) in [6.07, 6.45) is 0. The molecule has 0 aliphatic rings. The van der Waals surface area contributed by atoms with Crippen LogP contribution in [-0.2, 0) is 0 Å². The van der Waals surface area contributed by atoms with Gasteiger partial charge in [-0.15, -0.1) is 11.3 Å². The van der Waals surface area contributed by atoms with Gasteiger partial charge in [-0.05, 0) is 99.6 Å². The normalized spacial score (nSPS) is 12.6. The maximum Gasteiger partial charge on any atom is 0.0726 e. The van der Waals surface area contributed by atoms with E-state index in [1.807, 2.05) is 53.8 Å². The summed E-state index contributed by atoms with van der Waals surface area (Å²) in [4.78, 5) is 2.20. The molecule has 2 aromatic heterocycles. The van der Waals surface area contributed by atoms with Crippen LogP contribution < -0.4 is 4.90 Å². The first-order valence-electron chi connectivity index (χ1n) is 23.6. The standard InChI is InChI=1S/C60H40N2S/c1-5-17-41(18-6-1)43-29-35-48(36-30-43)61(49-37-31-44(32-38-49)42-19-7-2-8-20-42)50-39-33-46(34-40-50)56-55(45-21-9-3-10-22-45)57-51-25-13-15-27-53(51)62(47-23-11-4-12-24-47)59(57)60-58(56)52-26-14-16-28-54(52)63-60/h1-40H/i1D,5D,6D,17D,18D. The molecule has 0 saturated carbocycles. The van der Waals surface area contributed by atoms with Crippen LogP contribution in [0.15, 0.2) is 243 Å². The first kappa shape index (κ1) is 31.8. The number of fused-ring (bicyclic) bond motifs is 7. The van der Waals surface area contributed by atoms with Gasteiger partial charge in [0.15, 0.2) is 0 Å². The largest absolute Gasteiger partial charge is 0.311 e. The molecule has 2 nitrogen and oxygen atoms in total. The molecule has 0 aliphatic carbocycles. The summed E-state index contributed by atoms with van der Waals surface area (Å²) in [5, 5.41) is 4.85. The van der Waals surface area contributed by atoms with Gasteiger partial charge >= 0.3 is 0 Å². The lowest BCUT2D eigenvalue weighted by Crippen LogP contribution is -2.09. The smallest absolute Gasteiger partial charge is 0.0726 e. The molecule has 0 spiro atoms. The highest BCUT2D eigenvalue weighted by atomic mass is 32.1. The zero-order valence-corrected chi connectivity index (χ0v) is 34.8. The van der Waals surface area contributed by atoms with E-state index in [0.29, 0.717) is 5.56 Å². The SMILES string of the molecule is [2H]c1c([2H])c([2H])c(-c2ccc(N(c3ccc(-c4ccccc4)cc3)c3ccc(-c4c(-c5ccccc5)c5c6ccccc6n(-c6ccccc6)c5c5sc6ccccc6c45)cc3)cc2)c([2H])c1[2H]. The van der Waals surface area contributed by atoms with Crippen molar-refractivity contribution in [2.75, 3.05) is 4.90 Å². The minimum absolute atomic E-state index is 0.177. The quantitative estimate of drug-likeness (QED) is 0.148. The molecule has 12 aromatic rings. The third kappa shape index (κ3) is 6.33. The molecule has 0 bridgehead atoms. The van der Waals surface area contributed by atoms with Crippen molar-refractivity contribution in [3.63, 3.8) is 0 Å². The molecule has 0 N–H and O–H groups in total. The second kappa shape index (κ2) is 15.5. The van der Waals surface area contributed by atoms with Crippen LogP contribution in [0.2, 0.25) is 0 Å². The topological polar surface area (TPSA) is 8.17 Å². The van der Waals surface area contributed by atoms with Crippen molar-refractivity contribution in [3.05, 3.63) is 243 Å². The molecule has 12 rings (SSSR count). The molecule has 2 heterocycles. The Bertz CT molecular complexity index is 3840. The summed E-state index contributed by atoms with van der Waals surface area (Å²) in [5.74, 6) is 0. The first-order chi connectivity index (χ1) is 33.4. The van der Waals surface area contributed by atoms with Crippen LogP contribution in [0.25, 0.3) is 92.2 Å². The summed E-state index contributed by atoms with van der Waals surface area (Å²) < 4.78 is 47.0. The molecular formula is C60H40N2S. The Morgan fingerprint density at radius 3 is 1.48 bits per heavy atom. The van der Waals surface area contributed by atoms with Crippen molar-refractivity contribution in [2.24, 2.45) is 0 Å². The Hall–Kier alpha value is -7.98. The van der Waals surface area contributed by atoms with E-state index < -0.39 is 6.04 Å². The molecule has 0 fully saturated rings. The molecule has 0 radical (unpaired) electrons. The van der Waals surface area contributed by atoms with E-state index >= 15 is 0 Å². The maximum absolute atomic E-state index is 8.66. The van der Waals surface area contributed by atoms with Gasteiger partial charge in [-0.2, -0.15) is 0 Å². The fraction of sp³-hybridized carbons (Fsp3) is 0. The van der Waals surface area contributed by atoms with Gasteiger partial charge in [0.2, 0.25) is 0 Å². The number of hydrogen-bond acceptors (Lipinski definition) is 2. The Kier molecular flexibility index (Phi) is 7.83. The molecule has 0 aliphatic heterocycles. The summed E-state index contributed by atoms with van der Waals surface area (Å²) in [6.45, 7) is 0. The Labute approximate surface area is 377 Å². The van der Waals surface area contributed by atoms with Gasteiger partial charge < -0.3 is 9.47 Å². The second-order valence-corrected chi connectivity index (χ2v) is 16.7. The molecule has 63 heavy (non-hydrogen) atoms. The zero-order valence-electron chi connectivity index (χ0n) is 39.0. The van der Waals surface area contributed by atoms with Crippen molar-refractivity contribution < 1.29 is 6.85 Å². The van der Waals surface area contributed by atoms with Gasteiger partial charge in [-0.25, -0.2) is 0 Å². The summed E-state index contributed by atoms with van der Waals surface area (Å²) in [7, 11) is 0. The van der Waals surface area contributed by atoms with Crippen LogP contribution in [0.4, 0.5) is 17.1 Å². The minimum atomic E-state index is -0.406. The lowest BCUT2D eigenvalue weighted by atomic mass is 9.87. The molecule has 0 unspecified atom stereocenters. The molecule has 3 heteroatoms. The van der Waals surface area contributed by atoms with E-state index in [2.05, 4.69) is 179 Å². The van der Waals surface area contributed by atoms with Gasteiger partial charge in [0, 0.05) is 54.6 Å². The fourth-order valence-electron chi connectivity index (χ4n) is 9.28. The average molecular weight is 826 g/mol. The van der Waals surface area contributed by atoms with Crippen LogP contribution >= 0.6 is 11.3 Å². The van der Waals surface area contributed by atoms with Crippen molar-refractivity contribution in [1.82, 2.24) is 4.57 Å². The van der Waals surface area contributed by atoms with E-state index in [4.69, 9.17) is 6.85 Å². The Morgan fingerprint density at radius 2 is 0.841 bits per heavy atom. The number of para-hydroxylation sites is 2. The number of anilines is 3. The van der Waals surface area contributed by atoms with Crippen molar-refractivity contribution >= 4 is 70.4 Å². The summed E-state index contributed by atoms with van der Waals surface area (Å²) in [6, 6.07) is 72.8. The van der Waals surface area contributed by atoms with Crippen LogP contribution in [-0.4, -0.2) is 4.57 Å². The summed E-state index contributed by atoms with van der Waals surface area (Å²) >= 11 is 1.85. The van der Waals surface area contributed by atoms with Gasteiger partial charge in [-0.3, -0.25) is 0 Å². The highest BCUT2D eigenvalue weighted by molar-refractivity contribution is 7.26. The van der Waals surface area contributed by atoms with Gasteiger partial charge in [0.05, 0.1) is 22.6 Å².